The highest BCUT2D eigenvalue weighted by Gasteiger charge is 2.42. The monoisotopic (exact) mass is 295 g/mol. The molecule has 0 unspecified atom stereocenters. The molecule has 2 rings (SSSR count). The Labute approximate surface area is 121 Å². The van der Waals surface area contributed by atoms with Crippen LogP contribution in [0.2, 0.25) is 0 Å². The molecule has 0 radical (unpaired) electrons. The van der Waals surface area contributed by atoms with E-state index in [2.05, 4.69) is 10.5 Å². The third-order valence-electron chi connectivity index (χ3n) is 3.05. The standard InChI is InChI=1S/C13H17N3O3S/c1-13(12(18)14-8-11(17)16(2)3)7-9(15-19-13)10-5-4-6-20-10/h4-6H,7-8H2,1-3H3,(H,14,18)/t13-/m1/s1. The SMILES string of the molecule is CN(C)C(=O)CNC(=O)[C@@]1(C)CC(c2cccs2)=NO1. The lowest BCUT2D eigenvalue weighted by atomic mass is 9.98. The molecule has 0 saturated heterocycles. The van der Waals surface area contributed by atoms with Crippen LogP contribution >= 0.6 is 11.3 Å². The summed E-state index contributed by atoms with van der Waals surface area (Å²) in [5, 5.41) is 8.52. The number of rotatable bonds is 4. The van der Waals surface area contributed by atoms with E-state index in [-0.39, 0.29) is 18.4 Å². The molecule has 1 aliphatic rings. The summed E-state index contributed by atoms with van der Waals surface area (Å²) >= 11 is 1.55. The molecule has 1 atom stereocenters. The third-order valence-corrected chi connectivity index (χ3v) is 3.97. The number of oxime groups is 1. The number of carbonyl (C=O) groups excluding carboxylic acids is 2. The van der Waals surface area contributed by atoms with E-state index >= 15 is 0 Å². The molecule has 6 nitrogen and oxygen atoms in total. The highest BCUT2D eigenvalue weighted by atomic mass is 32.1. The molecule has 1 aromatic heterocycles. The van der Waals surface area contributed by atoms with Gasteiger partial charge >= 0.3 is 0 Å². The minimum atomic E-state index is -1.05. The Morgan fingerprint density at radius 2 is 2.30 bits per heavy atom. The van der Waals surface area contributed by atoms with Crippen molar-refractivity contribution in [3.63, 3.8) is 0 Å². The Balaban J connectivity index is 1.93. The molecule has 1 aromatic rings. The lowest BCUT2D eigenvalue weighted by Crippen LogP contribution is -2.47. The maximum absolute atomic E-state index is 12.1. The molecule has 1 aliphatic heterocycles. The van der Waals surface area contributed by atoms with Gasteiger partial charge in [0, 0.05) is 20.5 Å². The van der Waals surface area contributed by atoms with Crippen LogP contribution in [0.4, 0.5) is 0 Å². The average Bonchev–Trinajstić information content (AvgIpc) is 3.04. The predicted molar refractivity (Wildman–Crippen MR) is 76.7 cm³/mol. The number of nitrogens with zero attached hydrogens (tertiary/aromatic N) is 2. The first kappa shape index (κ1) is 14.5. The number of hydrogen-bond donors (Lipinski definition) is 1. The summed E-state index contributed by atoms with van der Waals surface area (Å²) in [5.74, 6) is -0.498. The topological polar surface area (TPSA) is 71.0 Å². The normalized spacial score (nSPS) is 21.1. The summed E-state index contributed by atoms with van der Waals surface area (Å²) in [5.41, 5.74) is -0.289. The van der Waals surface area contributed by atoms with Gasteiger partial charge in [-0.15, -0.1) is 11.3 Å². The molecule has 0 saturated carbocycles. The zero-order valence-corrected chi connectivity index (χ0v) is 12.5. The van der Waals surface area contributed by atoms with Gasteiger partial charge in [-0.05, 0) is 18.4 Å². The van der Waals surface area contributed by atoms with Crippen LogP contribution in [0.15, 0.2) is 22.7 Å². The van der Waals surface area contributed by atoms with E-state index in [1.807, 2.05) is 17.5 Å². The summed E-state index contributed by atoms with van der Waals surface area (Å²) < 4.78 is 0. The molecular formula is C13H17N3O3S. The molecule has 0 spiro atoms. The average molecular weight is 295 g/mol. The summed E-state index contributed by atoms with van der Waals surface area (Å²) in [6.07, 6.45) is 0.398. The maximum Gasteiger partial charge on any atom is 0.267 e. The fourth-order valence-corrected chi connectivity index (χ4v) is 2.44. The minimum Gasteiger partial charge on any atom is -0.379 e. The van der Waals surface area contributed by atoms with Crippen molar-refractivity contribution in [3.05, 3.63) is 22.4 Å². The molecule has 0 fully saturated rings. The molecule has 7 heteroatoms. The van der Waals surface area contributed by atoms with Crippen molar-refractivity contribution in [2.24, 2.45) is 5.16 Å². The van der Waals surface area contributed by atoms with Gasteiger partial charge in [0.05, 0.1) is 11.4 Å². The summed E-state index contributed by atoms with van der Waals surface area (Å²) in [4.78, 5) is 31.3. The quantitative estimate of drug-likeness (QED) is 0.894. The second-order valence-electron chi connectivity index (χ2n) is 4.99. The number of likely N-dealkylation sites (N-methyl/N-ethyl adjacent to an activating group) is 1. The van der Waals surface area contributed by atoms with Crippen LogP contribution < -0.4 is 5.32 Å². The van der Waals surface area contributed by atoms with Crippen LogP contribution in [0.1, 0.15) is 18.2 Å². The van der Waals surface area contributed by atoms with E-state index < -0.39 is 5.60 Å². The van der Waals surface area contributed by atoms with E-state index in [1.54, 1.807) is 32.4 Å². The van der Waals surface area contributed by atoms with Crippen LogP contribution in [-0.2, 0) is 14.4 Å². The lowest BCUT2D eigenvalue weighted by molar-refractivity contribution is -0.143. The zero-order chi connectivity index (χ0) is 14.8. The minimum absolute atomic E-state index is 0.0425. The first-order chi connectivity index (χ1) is 9.42. The van der Waals surface area contributed by atoms with E-state index in [9.17, 15) is 9.59 Å². The number of thiophene rings is 1. The molecule has 20 heavy (non-hydrogen) atoms. The van der Waals surface area contributed by atoms with Crippen molar-refractivity contribution in [1.29, 1.82) is 0 Å². The molecule has 1 N–H and O–H groups in total. The van der Waals surface area contributed by atoms with Gasteiger partial charge in [-0.3, -0.25) is 9.59 Å². The highest BCUT2D eigenvalue weighted by molar-refractivity contribution is 7.12. The van der Waals surface area contributed by atoms with Crippen molar-refractivity contribution in [3.8, 4) is 0 Å². The van der Waals surface area contributed by atoms with Crippen LogP contribution in [-0.4, -0.2) is 48.7 Å². The number of nitrogens with one attached hydrogen (secondary N) is 1. The van der Waals surface area contributed by atoms with E-state index in [1.165, 1.54) is 4.90 Å². The van der Waals surface area contributed by atoms with Crippen molar-refractivity contribution in [1.82, 2.24) is 10.2 Å². The van der Waals surface area contributed by atoms with E-state index in [0.29, 0.717) is 6.42 Å². The zero-order valence-electron chi connectivity index (χ0n) is 11.7. The molecule has 0 aromatic carbocycles. The smallest absolute Gasteiger partial charge is 0.267 e. The fraction of sp³-hybridized carbons (Fsp3) is 0.462. The highest BCUT2D eigenvalue weighted by Crippen LogP contribution is 2.28. The first-order valence-corrected chi connectivity index (χ1v) is 7.08. The van der Waals surface area contributed by atoms with Gasteiger partial charge in [-0.25, -0.2) is 0 Å². The summed E-state index contributed by atoms with van der Waals surface area (Å²) in [6, 6.07) is 3.86. The Bertz CT molecular complexity index is 539. The van der Waals surface area contributed by atoms with Gasteiger partial charge in [-0.1, -0.05) is 11.2 Å². The van der Waals surface area contributed by atoms with Crippen molar-refractivity contribution in [2.45, 2.75) is 18.9 Å². The van der Waals surface area contributed by atoms with Crippen LogP contribution in [0.25, 0.3) is 0 Å². The molecule has 0 bridgehead atoms. The van der Waals surface area contributed by atoms with Gasteiger partial charge in [-0.2, -0.15) is 0 Å². The Hall–Kier alpha value is -1.89. The number of amides is 2. The molecule has 108 valence electrons. The van der Waals surface area contributed by atoms with Gasteiger partial charge in [0.1, 0.15) is 5.71 Å². The largest absolute Gasteiger partial charge is 0.379 e. The van der Waals surface area contributed by atoms with E-state index in [0.717, 1.165) is 10.6 Å². The molecular weight excluding hydrogens is 278 g/mol. The van der Waals surface area contributed by atoms with Crippen molar-refractivity contribution in [2.75, 3.05) is 20.6 Å². The number of carbonyl (C=O) groups is 2. The van der Waals surface area contributed by atoms with Crippen molar-refractivity contribution >= 4 is 28.9 Å². The number of hydrogen-bond acceptors (Lipinski definition) is 5. The van der Waals surface area contributed by atoms with Gasteiger partial charge in [0.25, 0.3) is 5.91 Å². The van der Waals surface area contributed by atoms with E-state index in [4.69, 9.17) is 4.84 Å². The maximum atomic E-state index is 12.1. The Morgan fingerprint density at radius 1 is 1.55 bits per heavy atom. The van der Waals surface area contributed by atoms with Crippen LogP contribution in [0.5, 0.6) is 0 Å². The molecule has 0 aliphatic carbocycles. The summed E-state index contributed by atoms with van der Waals surface area (Å²) in [7, 11) is 3.28. The second kappa shape index (κ2) is 5.62. The van der Waals surface area contributed by atoms with Crippen LogP contribution in [0.3, 0.4) is 0 Å². The molecule has 2 amide bonds. The fourth-order valence-electron chi connectivity index (χ4n) is 1.74. The molecule has 2 heterocycles. The first-order valence-electron chi connectivity index (χ1n) is 6.20. The predicted octanol–water partition coefficient (Wildman–Crippen LogP) is 0.836. The third kappa shape index (κ3) is 2.98. The summed E-state index contributed by atoms with van der Waals surface area (Å²) in [6.45, 7) is 1.63. The van der Waals surface area contributed by atoms with Crippen LogP contribution in [0, 0.1) is 0 Å². The van der Waals surface area contributed by atoms with Gasteiger partial charge < -0.3 is 15.1 Å². The second-order valence-corrected chi connectivity index (χ2v) is 5.93. The lowest BCUT2D eigenvalue weighted by Gasteiger charge is -2.20. The van der Waals surface area contributed by atoms with Crippen molar-refractivity contribution < 1.29 is 14.4 Å². The Kier molecular flexibility index (Phi) is 4.08. The van der Waals surface area contributed by atoms with Gasteiger partial charge in [0.2, 0.25) is 11.5 Å². The Morgan fingerprint density at radius 3 is 2.90 bits per heavy atom. The van der Waals surface area contributed by atoms with Gasteiger partial charge in [0.15, 0.2) is 0 Å².